The van der Waals surface area contributed by atoms with Crippen LogP contribution in [0.5, 0.6) is 5.75 Å². The van der Waals surface area contributed by atoms with E-state index in [9.17, 15) is 5.11 Å². The van der Waals surface area contributed by atoms with Gasteiger partial charge in [0, 0.05) is 10.9 Å². The lowest BCUT2D eigenvalue weighted by Gasteiger charge is -2.27. The van der Waals surface area contributed by atoms with E-state index in [-0.39, 0.29) is 6.04 Å². The summed E-state index contributed by atoms with van der Waals surface area (Å²) < 4.78 is 1.77. The molecule has 1 atom stereocenters. The number of aromatic hydroxyl groups is 1. The summed E-state index contributed by atoms with van der Waals surface area (Å²) in [6, 6.07) is 11.7. The topological polar surface area (TPSA) is 75.3 Å². The molecule has 0 bridgehead atoms. The minimum Gasteiger partial charge on any atom is -0.508 e. The summed E-state index contributed by atoms with van der Waals surface area (Å²) in [6.07, 6.45) is 2.97. The molecule has 130 valence electrons. The second kappa shape index (κ2) is 6.10. The fourth-order valence-electron chi connectivity index (χ4n) is 3.60. The number of fused-ring (bicyclic) bond motifs is 2. The van der Waals surface area contributed by atoms with E-state index in [2.05, 4.69) is 21.6 Å². The van der Waals surface area contributed by atoms with Gasteiger partial charge in [-0.3, -0.25) is 0 Å². The van der Waals surface area contributed by atoms with Gasteiger partial charge in [-0.05, 0) is 60.0 Å². The Morgan fingerprint density at radius 1 is 1.15 bits per heavy atom. The molecule has 0 amide bonds. The van der Waals surface area contributed by atoms with Crippen molar-refractivity contribution in [2.45, 2.75) is 25.3 Å². The van der Waals surface area contributed by atoms with Gasteiger partial charge < -0.3 is 10.4 Å². The van der Waals surface area contributed by atoms with Crippen molar-refractivity contribution in [1.29, 1.82) is 0 Å². The van der Waals surface area contributed by atoms with Crippen LogP contribution in [0.15, 0.2) is 47.2 Å². The fraction of sp³-hybridized carbons (Fsp3) is 0.211. The smallest absolute Gasteiger partial charge is 0.186 e. The number of aromatic nitrogens is 4. The summed E-state index contributed by atoms with van der Waals surface area (Å²) in [4.78, 5) is 0. The highest BCUT2D eigenvalue weighted by Gasteiger charge is 2.22. The number of hydrogen-bond acceptors (Lipinski definition) is 6. The van der Waals surface area contributed by atoms with E-state index in [1.165, 1.54) is 0 Å². The number of thiophene rings is 1. The van der Waals surface area contributed by atoms with E-state index in [1.54, 1.807) is 21.9 Å². The highest BCUT2D eigenvalue weighted by Crippen LogP contribution is 2.36. The SMILES string of the molecule is Oc1cccc2c1CCCC2Nc1ccc2nnc(-c3ccsc3)n2n1. The molecule has 26 heavy (non-hydrogen) atoms. The fourth-order valence-corrected chi connectivity index (χ4v) is 4.23. The lowest BCUT2D eigenvalue weighted by molar-refractivity contribution is 0.457. The van der Waals surface area contributed by atoms with Crippen LogP contribution in [0.4, 0.5) is 5.82 Å². The summed E-state index contributed by atoms with van der Waals surface area (Å²) in [5, 5.41) is 30.9. The number of hydrogen-bond donors (Lipinski definition) is 2. The summed E-state index contributed by atoms with van der Waals surface area (Å²) in [6.45, 7) is 0. The third kappa shape index (κ3) is 2.52. The molecule has 3 aromatic heterocycles. The molecule has 6 nitrogen and oxygen atoms in total. The molecular weight excluding hydrogens is 346 g/mol. The predicted octanol–water partition coefficient (Wildman–Crippen LogP) is 4.05. The maximum absolute atomic E-state index is 10.1. The first kappa shape index (κ1) is 15.3. The molecule has 2 N–H and O–H groups in total. The van der Waals surface area contributed by atoms with Crippen LogP contribution >= 0.6 is 11.3 Å². The quantitative estimate of drug-likeness (QED) is 0.574. The van der Waals surface area contributed by atoms with Crippen molar-refractivity contribution in [2.24, 2.45) is 0 Å². The Kier molecular flexibility index (Phi) is 3.60. The lowest BCUT2D eigenvalue weighted by Crippen LogP contribution is -2.18. The van der Waals surface area contributed by atoms with Crippen LogP contribution in [0, 0.1) is 0 Å². The van der Waals surface area contributed by atoms with Gasteiger partial charge in [0.2, 0.25) is 0 Å². The Morgan fingerprint density at radius 3 is 3.00 bits per heavy atom. The molecule has 7 heteroatoms. The molecular formula is C19H17N5OS. The summed E-state index contributed by atoms with van der Waals surface area (Å²) in [7, 11) is 0. The maximum atomic E-state index is 10.1. The normalized spacial score (nSPS) is 16.5. The lowest BCUT2D eigenvalue weighted by atomic mass is 9.87. The molecule has 1 aromatic carbocycles. The van der Waals surface area contributed by atoms with Gasteiger partial charge in [-0.1, -0.05) is 12.1 Å². The van der Waals surface area contributed by atoms with E-state index in [0.29, 0.717) is 5.75 Å². The number of phenolic OH excluding ortho intramolecular Hbond substituents is 1. The molecule has 0 saturated heterocycles. The Morgan fingerprint density at radius 2 is 2.12 bits per heavy atom. The molecule has 1 unspecified atom stereocenters. The highest BCUT2D eigenvalue weighted by molar-refractivity contribution is 7.08. The zero-order valence-corrected chi connectivity index (χ0v) is 14.8. The number of benzene rings is 1. The van der Waals surface area contributed by atoms with Gasteiger partial charge >= 0.3 is 0 Å². The standard InChI is InChI=1S/C19H17N5OS/c25-16-6-2-3-13-14(16)4-1-5-15(13)20-17-7-8-18-21-22-19(24(18)23-17)12-9-10-26-11-12/h2-3,6-11,15,25H,1,4-5H2,(H,20,23). The molecule has 1 aliphatic rings. The van der Waals surface area contributed by atoms with Gasteiger partial charge in [-0.15, -0.1) is 15.3 Å². The van der Waals surface area contributed by atoms with Gasteiger partial charge in [0.1, 0.15) is 11.6 Å². The van der Waals surface area contributed by atoms with Gasteiger partial charge in [0.05, 0.1) is 6.04 Å². The average molecular weight is 363 g/mol. The molecule has 5 rings (SSSR count). The zero-order chi connectivity index (χ0) is 17.5. The zero-order valence-electron chi connectivity index (χ0n) is 14.0. The molecule has 1 aliphatic carbocycles. The summed E-state index contributed by atoms with van der Waals surface area (Å²) in [5.41, 5.74) is 3.93. The van der Waals surface area contributed by atoms with Crippen LogP contribution in [0.3, 0.4) is 0 Å². The van der Waals surface area contributed by atoms with Gasteiger partial charge in [0.25, 0.3) is 0 Å². The van der Waals surface area contributed by atoms with Gasteiger partial charge in [-0.2, -0.15) is 15.9 Å². The van der Waals surface area contributed by atoms with Crippen molar-refractivity contribution < 1.29 is 5.11 Å². The monoisotopic (exact) mass is 363 g/mol. The van der Waals surface area contributed by atoms with Gasteiger partial charge in [-0.25, -0.2) is 0 Å². The van der Waals surface area contributed by atoms with E-state index < -0.39 is 0 Å². The van der Waals surface area contributed by atoms with Crippen LogP contribution in [0.1, 0.15) is 30.0 Å². The minimum atomic E-state index is 0.136. The van der Waals surface area contributed by atoms with Crippen molar-refractivity contribution in [1.82, 2.24) is 19.8 Å². The number of nitrogens with one attached hydrogen (secondary N) is 1. The molecule has 0 fully saturated rings. The van der Waals surface area contributed by atoms with Crippen molar-refractivity contribution in [2.75, 3.05) is 5.32 Å². The van der Waals surface area contributed by atoms with E-state index in [1.807, 2.05) is 35.0 Å². The first-order chi connectivity index (χ1) is 12.8. The van der Waals surface area contributed by atoms with Crippen LogP contribution in [0.25, 0.3) is 17.0 Å². The molecule has 0 radical (unpaired) electrons. The first-order valence-electron chi connectivity index (χ1n) is 8.62. The third-order valence-corrected chi connectivity index (χ3v) is 5.53. The minimum absolute atomic E-state index is 0.136. The van der Waals surface area contributed by atoms with Crippen LogP contribution in [0.2, 0.25) is 0 Å². The number of anilines is 1. The second-order valence-electron chi connectivity index (χ2n) is 6.46. The number of phenols is 1. The van der Waals surface area contributed by atoms with Crippen molar-refractivity contribution in [3.63, 3.8) is 0 Å². The van der Waals surface area contributed by atoms with Crippen molar-refractivity contribution in [3.05, 3.63) is 58.3 Å². The molecule has 4 aromatic rings. The Balaban J connectivity index is 1.51. The van der Waals surface area contributed by atoms with Crippen molar-refractivity contribution in [3.8, 4) is 17.1 Å². The second-order valence-corrected chi connectivity index (χ2v) is 7.24. The van der Waals surface area contributed by atoms with Crippen LogP contribution in [-0.2, 0) is 6.42 Å². The Bertz CT molecular complexity index is 1070. The molecule has 0 aliphatic heterocycles. The van der Waals surface area contributed by atoms with Gasteiger partial charge in [0.15, 0.2) is 11.5 Å². The number of nitrogens with zero attached hydrogens (tertiary/aromatic N) is 4. The van der Waals surface area contributed by atoms with E-state index in [0.717, 1.165) is 53.2 Å². The first-order valence-corrected chi connectivity index (χ1v) is 9.56. The summed E-state index contributed by atoms with van der Waals surface area (Å²) >= 11 is 1.62. The maximum Gasteiger partial charge on any atom is 0.186 e. The van der Waals surface area contributed by atoms with Crippen LogP contribution in [-0.4, -0.2) is 24.9 Å². The largest absolute Gasteiger partial charge is 0.508 e. The Hall–Kier alpha value is -2.93. The van der Waals surface area contributed by atoms with E-state index >= 15 is 0 Å². The molecule has 0 spiro atoms. The third-order valence-electron chi connectivity index (χ3n) is 4.85. The predicted molar refractivity (Wildman–Crippen MR) is 102 cm³/mol. The van der Waals surface area contributed by atoms with E-state index in [4.69, 9.17) is 5.10 Å². The highest BCUT2D eigenvalue weighted by atomic mass is 32.1. The van der Waals surface area contributed by atoms with Crippen LogP contribution < -0.4 is 5.32 Å². The average Bonchev–Trinajstić information content (AvgIpc) is 3.31. The molecule has 3 heterocycles. The van der Waals surface area contributed by atoms with Crippen molar-refractivity contribution >= 4 is 22.8 Å². The summed E-state index contributed by atoms with van der Waals surface area (Å²) in [5.74, 6) is 1.90. The molecule has 0 saturated carbocycles. The Labute approximate surface area is 154 Å². The number of rotatable bonds is 3.